The number of hydrogen-bond acceptors (Lipinski definition) is 5. The predicted octanol–water partition coefficient (Wildman–Crippen LogP) is 0.923. The Balaban J connectivity index is 1.65. The summed E-state index contributed by atoms with van der Waals surface area (Å²) >= 11 is 0. The normalized spacial score (nSPS) is 16.7. The molecular weight excluding hydrogens is 336 g/mol. The van der Waals surface area contributed by atoms with Crippen LogP contribution < -0.4 is 5.32 Å². The maximum absolute atomic E-state index is 12.7. The molecule has 2 aromatic rings. The van der Waals surface area contributed by atoms with Crippen molar-refractivity contribution in [1.29, 1.82) is 0 Å². The summed E-state index contributed by atoms with van der Waals surface area (Å²) in [5, 5.41) is 6.81. The molecule has 0 saturated carbocycles. The number of nitrogens with one attached hydrogen (secondary N) is 1. The molecule has 26 heavy (non-hydrogen) atoms. The van der Waals surface area contributed by atoms with Crippen molar-refractivity contribution in [2.75, 3.05) is 26.8 Å². The monoisotopic (exact) mass is 360 g/mol. The second kappa shape index (κ2) is 7.74. The fourth-order valence-corrected chi connectivity index (χ4v) is 3.26. The Kier molecular flexibility index (Phi) is 5.41. The number of hydrogen-bond donors (Lipinski definition) is 1. The standard InChI is InChI=1S/C18H24N4O4/c1-12-15(13(2)26-20-12)9-17(23)19-10-14-11-21-6-4-5-16(21)18(24)22(14)7-8-25-3/h4-6,14H,7-11H2,1-3H3,(H,19,23). The first kappa shape index (κ1) is 18.2. The fourth-order valence-electron chi connectivity index (χ4n) is 3.26. The third-order valence-electron chi connectivity index (χ3n) is 4.75. The molecule has 2 amide bonds. The molecule has 3 heterocycles. The number of aromatic nitrogens is 2. The molecule has 8 nitrogen and oxygen atoms in total. The number of carbonyl (C=O) groups excluding carboxylic acids is 2. The molecule has 0 aromatic carbocycles. The molecule has 1 aliphatic heterocycles. The average molecular weight is 360 g/mol. The van der Waals surface area contributed by atoms with Gasteiger partial charge in [-0.25, -0.2) is 0 Å². The van der Waals surface area contributed by atoms with Crippen molar-refractivity contribution >= 4 is 11.8 Å². The Labute approximate surface area is 152 Å². The van der Waals surface area contributed by atoms with Crippen molar-refractivity contribution < 1.29 is 18.8 Å². The number of methoxy groups -OCH3 is 1. The van der Waals surface area contributed by atoms with E-state index in [1.54, 1.807) is 18.9 Å². The smallest absolute Gasteiger partial charge is 0.270 e. The van der Waals surface area contributed by atoms with Crippen molar-refractivity contribution in [3.05, 3.63) is 41.0 Å². The largest absolute Gasteiger partial charge is 0.383 e. The predicted molar refractivity (Wildman–Crippen MR) is 93.8 cm³/mol. The van der Waals surface area contributed by atoms with Gasteiger partial charge in [0.2, 0.25) is 5.91 Å². The fraction of sp³-hybridized carbons (Fsp3) is 0.500. The minimum absolute atomic E-state index is 0.0386. The van der Waals surface area contributed by atoms with Crippen LogP contribution in [0.25, 0.3) is 0 Å². The van der Waals surface area contributed by atoms with E-state index in [0.29, 0.717) is 37.7 Å². The number of rotatable bonds is 7. The zero-order valence-electron chi connectivity index (χ0n) is 15.3. The van der Waals surface area contributed by atoms with Crippen molar-refractivity contribution in [2.45, 2.75) is 32.9 Å². The highest BCUT2D eigenvalue weighted by molar-refractivity contribution is 5.93. The Morgan fingerprint density at radius 1 is 1.46 bits per heavy atom. The molecule has 0 radical (unpaired) electrons. The van der Waals surface area contributed by atoms with E-state index in [1.807, 2.05) is 29.8 Å². The summed E-state index contributed by atoms with van der Waals surface area (Å²) in [7, 11) is 1.61. The number of ether oxygens (including phenoxy) is 1. The van der Waals surface area contributed by atoms with Crippen molar-refractivity contribution in [3.63, 3.8) is 0 Å². The van der Waals surface area contributed by atoms with Crippen LogP contribution in [0.3, 0.4) is 0 Å². The number of fused-ring (bicyclic) bond motifs is 1. The summed E-state index contributed by atoms with van der Waals surface area (Å²) in [5.74, 6) is 0.504. The van der Waals surface area contributed by atoms with E-state index >= 15 is 0 Å². The van der Waals surface area contributed by atoms with E-state index < -0.39 is 0 Å². The van der Waals surface area contributed by atoms with Gasteiger partial charge in [0.1, 0.15) is 11.5 Å². The lowest BCUT2D eigenvalue weighted by molar-refractivity contribution is -0.120. The number of nitrogens with zero attached hydrogens (tertiary/aromatic N) is 3. The lowest BCUT2D eigenvalue weighted by atomic mass is 10.1. The molecule has 1 N–H and O–H groups in total. The summed E-state index contributed by atoms with van der Waals surface area (Å²) in [5.41, 5.74) is 2.20. The summed E-state index contributed by atoms with van der Waals surface area (Å²) in [6.07, 6.45) is 2.11. The van der Waals surface area contributed by atoms with Crippen LogP contribution in [0.5, 0.6) is 0 Å². The van der Waals surface area contributed by atoms with E-state index in [4.69, 9.17) is 9.26 Å². The molecule has 1 atom stereocenters. The molecule has 0 fully saturated rings. The lowest BCUT2D eigenvalue weighted by Gasteiger charge is -2.36. The molecule has 140 valence electrons. The van der Waals surface area contributed by atoms with Gasteiger partial charge in [-0.3, -0.25) is 9.59 Å². The van der Waals surface area contributed by atoms with E-state index in [0.717, 1.165) is 11.3 Å². The highest BCUT2D eigenvalue weighted by atomic mass is 16.5. The van der Waals surface area contributed by atoms with Gasteiger partial charge < -0.3 is 24.0 Å². The zero-order chi connectivity index (χ0) is 18.7. The molecule has 8 heteroatoms. The first-order valence-electron chi connectivity index (χ1n) is 8.64. The molecule has 0 aliphatic carbocycles. The minimum Gasteiger partial charge on any atom is -0.383 e. The van der Waals surface area contributed by atoms with Crippen LogP contribution >= 0.6 is 0 Å². The van der Waals surface area contributed by atoms with Crippen LogP contribution in [0, 0.1) is 13.8 Å². The SMILES string of the molecule is COCCN1C(=O)c2cccn2CC1CNC(=O)Cc1c(C)noc1C. The van der Waals surface area contributed by atoms with E-state index in [9.17, 15) is 9.59 Å². The molecule has 1 aliphatic rings. The van der Waals surface area contributed by atoms with Gasteiger partial charge in [-0.1, -0.05) is 5.16 Å². The third kappa shape index (κ3) is 3.65. The van der Waals surface area contributed by atoms with E-state index in [-0.39, 0.29) is 24.3 Å². The summed E-state index contributed by atoms with van der Waals surface area (Å²) in [6.45, 7) is 5.58. The molecule has 0 saturated heterocycles. The van der Waals surface area contributed by atoms with Crippen molar-refractivity contribution in [1.82, 2.24) is 19.9 Å². The van der Waals surface area contributed by atoms with Gasteiger partial charge in [0.05, 0.1) is 24.8 Å². The van der Waals surface area contributed by atoms with Gasteiger partial charge in [0, 0.05) is 38.5 Å². The zero-order valence-corrected chi connectivity index (χ0v) is 15.3. The van der Waals surface area contributed by atoms with Crippen molar-refractivity contribution in [2.24, 2.45) is 0 Å². The highest BCUT2D eigenvalue weighted by Crippen LogP contribution is 2.18. The van der Waals surface area contributed by atoms with E-state index in [2.05, 4.69) is 10.5 Å². The summed E-state index contributed by atoms with van der Waals surface area (Å²) in [6, 6.07) is 3.56. The van der Waals surface area contributed by atoms with Crippen LogP contribution in [-0.2, 0) is 22.5 Å². The maximum atomic E-state index is 12.7. The number of aryl methyl sites for hydroxylation is 2. The van der Waals surface area contributed by atoms with Gasteiger partial charge in [0.25, 0.3) is 5.91 Å². The van der Waals surface area contributed by atoms with E-state index in [1.165, 1.54) is 0 Å². The maximum Gasteiger partial charge on any atom is 0.270 e. The molecule has 0 bridgehead atoms. The molecule has 1 unspecified atom stereocenters. The second-order valence-corrected chi connectivity index (χ2v) is 6.47. The number of amides is 2. The van der Waals surface area contributed by atoms with Crippen LogP contribution in [0.2, 0.25) is 0 Å². The first-order chi connectivity index (χ1) is 12.5. The number of carbonyl (C=O) groups is 2. The summed E-state index contributed by atoms with van der Waals surface area (Å²) < 4.78 is 12.2. The average Bonchev–Trinajstić information content (AvgIpc) is 3.21. The molecular formula is C18H24N4O4. The minimum atomic E-state index is -0.119. The first-order valence-corrected chi connectivity index (χ1v) is 8.64. The van der Waals surface area contributed by atoms with Gasteiger partial charge in [-0.2, -0.15) is 0 Å². The van der Waals surface area contributed by atoms with Gasteiger partial charge >= 0.3 is 0 Å². The second-order valence-electron chi connectivity index (χ2n) is 6.47. The Hall–Kier alpha value is -2.61. The molecule has 0 spiro atoms. The Morgan fingerprint density at radius 2 is 2.27 bits per heavy atom. The van der Waals surface area contributed by atoms with Gasteiger partial charge in [-0.05, 0) is 26.0 Å². The van der Waals surface area contributed by atoms with Crippen molar-refractivity contribution in [3.8, 4) is 0 Å². The van der Waals surface area contributed by atoms with Gasteiger partial charge in [0.15, 0.2) is 0 Å². The molecule has 3 rings (SSSR count). The van der Waals surface area contributed by atoms with Crippen LogP contribution in [0.4, 0.5) is 0 Å². The van der Waals surface area contributed by atoms with Crippen LogP contribution in [-0.4, -0.2) is 59.3 Å². The molecule has 2 aromatic heterocycles. The topological polar surface area (TPSA) is 89.6 Å². The Bertz CT molecular complexity index is 775. The highest BCUT2D eigenvalue weighted by Gasteiger charge is 2.32. The third-order valence-corrected chi connectivity index (χ3v) is 4.75. The quantitative estimate of drug-likeness (QED) is 0.793. The van der Waals surface area contributed by atoms with Crippen LogP contribution in [0.1, 0.15) is 27.5 Å². The van der Waals surface area contributed by atoms with Crippen LogP contribution in [0.15, 0.2) is 22.9 Å². The summed E-state index contributed by atoms with van der Waals surface area (Å²) in [4.78, 5) is 26.8. The lowest BCUT2D eigenvalue weighted by Crippen LogP contribution is -2.53. The Morgan fingerprint density at radius 3 is 2.96 bits per heavy atom. The van der Waals surface area contributed by atoms with Gasteiger partial charge in [-0.15, -0.1) is 0 Å².